The molecule has 0 aromatic carbocycles. The number of aromatic nitrogens is 3. The van der Waals surface area contributed by atoms with E-state index in [4.69, 9.17) is 0 Å². The number of hydrogen-bond donors (Lipinski definition) is 3. The van der Waals surface area contributed by atoms with Crippen LogP contribution in [-0.2, 0) is 6.61 Å². The number of carbonyl (C=O) groups is 1. The first-order valence-corrected chi connectivity index (χ1v) is 6.02. The van der Waals surface area contributed by atoms with Gasteiger partial charge in [-0.2, -0.15) is 5.10 Å². The van der Waals surface area contributed by atoms with Gasteiger partial charge in [-0.1, -0.05) is 13.8 Å². The Morgan fingerprint density at radius 3 is 2.95 bits per heavy atom. The zero-order valence-corrected chi connectivity index (χ0v) is 10.8. The summed E-state index contributed by atoms with van der Waals surface area (Å²) < 4.78 is 0. The third kappa shape index (κ3) is 2.97. The fourth-order valence-corrected chi connectivity index (χ4v) is 1.61. The van der Waals surface area contributed by atoms with E-state index in [1.54, 1.807) is 18.3 Å². The van der Waals surface area contributed by atoms with Gasteiger partial charge in [-0.15, -0.1) is 0 Å². The molecule has 2 rings (SSSR count). The minimum atomic E-state index is -0.328. The average molecular weight is 260 g/mol. The molecule has 100 valence electrons. The summed E-state index contributed by atoms with van der Waals surface area (Å²) in [4.78, 5) is 15.9. The highest BCUT2D eigenvalue weighted by molar-refractivity contribution is 6.03. The molecule has 0 unspecified atom stereocenters. The van der Waals surface area contributed by atoms with Crippen LogP contribution in [-0.4, -0.2) is 26.2 Å². The van der Waals surface area contributed by atoms with Gasteiger partial charge >= 0.3 is 0 Å². The van der Waals surface area contributed by atoms with E-state index >= 15 is 0 Å². The summed E-state index contributed by atoms with van der Waals surface area (Å²) >= 11 is 0. The first kappa shape index (κ1) is 13.2. The van der Waals surface area contributed by atoms with Gasteiger partial charge in [0.1, 0.15) is 0 Å². The highest BCUT2D eigenvalue weighted by atomic mass is 16.3. The van der Waals surface area contributed by atoms with Gasteiger partial charge in [-0.25, -0.2) is 0 Å². The summed E-state index contributed by atoms with van der Waals surface area (Å²) in [6, 6.07) is 3.37. The molecule has 2 heterocycles. The maximum Gasteiger partial charge on any atom is 0.276 e. The molecule has 2 aromatic heterocycles. The molecule has 0 aliphatic rings. The number of nitrogens with zero attached hydrogens (tertiary/aromatic N) is 2. The summed E-state index contributed by atoms with van der Waals surface area (Å²) in [5.41, 5.74) is 2.32. The van der Waals surface area contributed by atoms with Gasteiger partial charge in [0.2, 0.25) is 0 Å². The van der Waals surface area contributed by atoms with Crippen LogP contribution >= 0.6 is 0 Å². The van der Waals surface area contributed by atoms with Crippen molar-refractivity contribution in [2.45, 2.75) is 26.4 Å². The van der Waals surface area contributed by atoms with E-state index in [0.717, 1.165) is 5.69 Å². The Hall–Kier alpha value is -2.21. The van der Waals surface area contributed by atoms with Crippen LogP contribution in [0.4, 0.5) is 5.69 Å². The number of amides is 1. The molecule has 3 N–H and O–H groups in total. The minimum absolute atomic E-state index is 0.157. The lowest BCUT2D eigenvalue weighted by Crippen LogP contribution is -2.14. The van der Waals surface area contributed by atoms with Crippen LogP contribution < -0.4 is 5.32 Å². The Morgan fingerprint density at radius 1 is 1.53 bits per heavy atom. The van der Waals surface area contributed by atoms with Crippen molar-refractivity contribution in [3.63, 3.8) is 0 Å². The van der Waals surface area contributed by atoms with E-state index < -0.39 is 0 Å². The fraction of sp³-hybridized carbons (Fsp3) is 0.308. The predicted octanol–water partition coefficient (Wildman–Crippen LogP) is 1.67. The van der Waals surface area contributed by atoms with Crippen LogP contribution in [0.2, 0.25) is 0 Å². The first-order valence-electron chi connectivity index (χ1n) is 6.02. The summed E-state index contributed by atoms with van der Waals surface area (Å²) in [7, 11) is 0. The number of carbonyl (C=O) groups excluding carboxylic acids is 1. The zero-order chi connectivity index (χ0) is 13.8. The molecule has 6 heteroatoms. The number of aromatic amines is 1. The average Bonchev–Trinajstić information content (AvgIpc) is 2.89. The molecule has 0 saturated carbocycles. The molecule has 0 spiro atoms. The Balaban J connectivity index is 2.16. The molecule has 0 aliphatic heterocycles. The van der Waals surface area contributed by atoms with Crippen molar-refractivity contribution in [1.29, 1.82) is 0 Å². The molecule has 6 nitrogen and oxygen atoms in total. The van der Waals surface area contributed by atoms with E-state index in [-0.39, 0.29) is 18.4 Å². The van der Waals surface area contributed by atoms with Crippen LogP contribution in [0.3, 0.4) is 0 Å². The molecule has 0 aliphatic carbocycles. The summed E-state index contributed by atoms with van der Waals surface area (Å²) in [5.74, 6) is -0.0497. The molecular weight excluding hydrogens is 244 g/mol. The standard InChI is InChI=1S/C13H16N4O2/c1-8(2)10-5-11(17-16-10)13(19)15-12-6-14-4-3-9(12)7-18/h3-6,8,18H,7H2,1-2H3,(H,15,19)(H,16,17). The second-order valence-corrected chi connectivity index (χ2v) is 4.51. The number of aliphatic hydroxyl groups is 1. The van der Waals surface area contributed by atoms with E-state index in [1.165, 1.54) is 6.20 Å². The summed E-state index contributed by atoms with van der Waals surface area (Å²) in [6.07, 6.45) is 3.06. The van der Waals surface area contributed by atoms with Crippen LogP contribution in [0.1, 0.15) is 41.5 Å². The van der Waals surface area contributed by atoms with E-state index in [1.807, 2.05) is 13.8 Å². The second kappa shape index (κ2) is 5.62. The van der Waals surface area contributed by atoms with Crippen LogP contribution in [0.15, 0.2) is 24.5 Å². The normalized spacial score (nSPS) is 10.7. The third-order valence-corrected chi connectivity index (χ3v) is 2.78. The predicted molar refractivity (Wildman–Crippen MR) is 70.8 cm³/mol. The second-order valence-electron chi connectivity index (χ2n) is 4.51. The number of H-pyrrole nitrogens is 1. The van der Waals surface area contributed by atoms with E-state index in [2.05, 4.69) is 20.5 Å². The van der Waals surface area contributed by atoms with Gasteiger partial charge in [-0.05, 0) is 18.1 Å². The molecule has 0 atom stereocenters. The molecule has 0 fully saturated rings. The monoisotopic (exact) mass is 260 g/mol. The minimum Gasteiger partial charge on any atom is -0.392 e. The molecule has 0 radical (unpaired) electrons. The number of pyridine rings is 1. The lowest BCUT2D eigenvalue weighted by Gasteiger charge is -2.06. The maximum atomic E-state index is 12.0. The van der Waals surface area contributed by atoms with Crippen molar-refractivity contribution < 1.29 is 9.90 Å². The van der Waals surface area contributed by atoms with Crippen molar-refractivity contribution in [3.8, 4) is 0 Å². The topological polar surface area (TPSA) is 90.9 Å². The number of rotatable bonds is 4. The molecule has 0 saturated heterocycles. The first-order chi connectivity index (χ1) is 9.11. The number of aliphatic hydroxyl groups excluding tert-OH is 1. The van der Waals surface area contributed by atoms with Gasteiger partial charge in [0.15, 0.2) is 5.69 Å². The maximum absolute atomic E-state index is 12.0. The summed E-state index contributed by atoms with van der Waals surface area (Å²) in [6.45, 7) is 3.87. The van der Waals surface area contributed by atoms with Crippen LogP contribution in [0, 0.1) is 0 Å². The van der Waals surface area contributed by atoms with Crippen molar-refractivity contribution in [2.75, 3.05) is 5.32 Å². The number of nitrogens with one attached hydrogen (secondary N) is 2. The third-order valence-electron chi connectivity index (χ3n) is 2.78. The SMILES string of the molecule is CC(C)c1cc(C(=O)Nc2cnccc2CO)n[nH]1. The Morgan fingerprint density at radius 2 is 2.32 bits per heavy atom. The largest absolute Gasteiger partial charge is 0.392 e. The van der Waals surface area contributed by atoms with Crippen molar-refractivity contribution in [2.24, 2.45) is 0 Å². The van der Waals surface area contributed by atoms with Crippen LogP contribution in [0.5, 0.6) is 0 Å². The smallest absolute Gasteiger partial charge is 0.276 e. The van der Waals surface area contributed by atoms with Gasteiger partial charge in [0.05, 0.1) is 18.5 Å². The molecule has 19 heavy (non-hydrogen) atoms. The van der Waals surface area contributed by atoms with Crippen molar-refractivity contribution in [1.82, 2.24) is 15.2 Å². The number of hydrogen-bond acceptors (Lipinski definition) is 4. The number of anilines is 1. The van der Waals surface area contributed by atoms with Gasteiger partial charge in [0.25, 0.3) is 5.91 Å². The van der Waals surface area contributed by atoms with Gasteiger partial charge < -0.3 is 10.4 Å². The molecule has 2 aromatic rings. The zero-order valence-electron chi connectivity index (χ0n) is 10.8. The van der Waals surface area contributed by atoms with Gasteiger partial charge in [0, 0.05) is 17.5 Å². The van der Waals surface area contributed by atoms with Gasteiger partial charge in [-0.3, -0.25) is 14.9 Å². The van der Waals surface area contributed by atoms with Crippen molar-refractivity contribution >= 4 is 11.6 Å². The molecule has 0 bridgehead atoms. The highest BCUT2D eigenvalue weighted by Gasteiger charge is 2.13. The lowest BCUT2D eigenvalue weighted by molar-refractivity contribution is 0.102. The quantitative estimate of drug-likeness (QED) is 0.780. The fourth-order valence-electron chi connectivity index (χ4n) is 1.61. The highest BCUT2D eigenvalue weighted by Crippen LogP contribution is 2.16. The Labute approximate surface area is 110 Å². The van der Waals surface area contributed by atoms with E-state index in [0.29, 0.717) is 16.9 Å². The molecule has 1 amide bonds. The Bertz CT molecular complexity index is 578. The van der Waals surface area contributed by atoms with E-state index in [9.17, 15) is 9.90 Å². The van der Waals surface area contributed by atoms with Crippen LogP contribution in [0.25, 0.3) is 0 Å². The summed E-state index contributed by atoms with van der Waals surface area (Å²) in [5, 5.41) is 18.7. The molecular formula is C13H16N4O2. The lowest BCUT2D eigenvalue weighted by atomic mass is 10.1. The van der Waals surface area contributed by atoms with Crippen molar-refractivity contribution in [3.05, 3.63) is 41.5 Å². The Kier molecular flexibility index (Phi) is 3.91.